The molecule has 0 radical (unpaired) electrons. The molecule has 0 saturated heterocycles. The SMILES string of the molecule is CN(Cc1ccccc1)C(=O)c1cccc(NC(=O)CCCCCCCC(=O)Nc2cccc(C(=O)N(C)Cc3ccccc3)c2)c1. The van der Waals surface area contributed by atoms with Crippen LogP contribution in [0.4, 0.5) is 11.4 Å². The van der Waals surface area contributed by atoms with Gasteiger partial charge >= 0.3 is 0 Å². The molecule has 0 atom stereocenters. The molecule has 0 spiro atoms. The zero-order valence-electron chi connectivity index (χ0n) is 27.3. The number of nitrogens with one attached hydrogen (secondary N) is 2. The van der Waals surface area contributed by atoms with Gasteiger partial charge in [0, 0.05) is 62.5 Å². The molecule has 0 aliphatic rings. The summed E-state index contributed by atoms with van der Waals surface area (Å²) in [5.74, 6) is -0.383. The molecule has 0 heterocycles. The second-order valence-electron chi connectivity index (χ2n) is 11.8. The van der Waals surface area contributed by atoms with Crippen LogP contribution in [-0.2, 0) is 22.7 Å². The van der Waals surface area contributed by atoms with Crippen LogP contribution >= 0.6 is 0 Å². The number of anilines is 2. The van der Waals surface area contributed by atoms with Gasteiger partial charge in [-0.15, -0.1) is 0 Å². The summed E-state index contributed by atoms with van der Waals surface area (Å²) in [6.07, 6.45) is 4.98. The molecule has 47 heavy (non-hydrogen) atoms. The fourth-order valence-corrected chi connectivity index (χ4v) is 5.31. The first kappa shape index (κ1) is 34.6. The normalized spacial score (nSPS) is 10.6. The van der Waals surface area contributed by atoms with Gasteiger partial charge < -0.3 is 20.4 Å². The number of hydrogen-bond acceptors (Lipinski definition) is 4. The lowest BCUT2D eigenvalue weighted by atomic mass is 10.1. The molecule has 0 aromatic heterocycles. The Labute approximate surface area is 277 Å². The highest BCUT2D eigenvalue weighted by atomic mass is 16.2. The Balaban J connectivity index is 1.10. The van der Waals surface area contributed by atoms with Crippen LogP contribution in [0.25, 0.3) is 0 Å². The summed E-state index contributed by atoms with van der Waals surface area (Å²) in [6.45, 7) is 1.01. The molecule has 2 N–H and O–H groups in total. The van der Waals surface area contributed by atoms with Crippen molar-refractivity contribution in [1.82, 2.24) is 9.80 Å². The van der Waals surface area contributed by atoms with Crippen molar-refractivity contribution < 1.29 is 19.2 Å². The minimum absolute atomic E-state index is 0.0846. The summed E-state index contributed by atoms with van der Waals surface area (Å²) in [5, 5.41) is 5.81. The molecule has 0 aliphatic carbocycles. The third-order valence-electron chi connectivity index (χ3n) is 7.81. The van der Waals surface area contributed by atoms with E-state index in [1.807, 2.05) is 60.7 Å². The van der Waals surface area contributed by atoms with Gasteiger partial charge in [0.15, 0.2) is 0 Å². The Hall–Kier alpha value is -5.24. The van der Waals surface area contributed by atoms with Crippen molar-refractivity contribution in [2.24, 2.45) is 0 Å². The molecule has 4 aromatic carbocycles. The van der Waals surface area contributed by atoms with Crippen LogP contribution in [0, 0.1) is 0 Å². The standard InChI is InChI=1S/C39H44N4O4/c1-42(28-30-16-8-6-9-17-30)38(46)32-20-14-22-34(26-32)40-36(44)24-12-4-3-5-13-25-37(45)41-35-23-15-21-33(27-35)39(47)43(2)29-31-18-10-7-11-19-31/h6-11,14-23,26-27H,3-5,12-13,24-25,28-29H2,1-2H3,(H,40,44)(H,41,45). The summed E-state index contributed by atoms with van der Waals surface area (Å²) in [4.78, 5) is 54.2. The van der Waals surface area contributed by atoms with Crippen molar-refractivity contribution in [2.75, 3.05) is 24.7 Å². The van der Waals surface area contributed by atoms with Gasteiger partial charge in [0.05, 0.1) is 0 Å². The van der Waals surface area contributed by atoms with Crippen LogP contribution in [0.3, 0.4) is 0 Å². The molecule has 0 bridgehead atoms. The third-order valence-corrected chi connectivity index (χ3v) is 7.81. The summed E-state index contributed by atoms with van der Waals surface area (Å²) >= 11 is 0. The van der Waals surface area contributed by atoms with E-state index in [2.05, 4.69) is 10.6 Å². The quantitative estimate of drug-likeness (QED) is 0.125. The van der Waals surface area contributed by atoms with E-state index < -0.39 is 0 Å². The lowest BCUT2D eigenvalue weighted by Crippen LogP contribution is -2.26. The first-order chi connectivity index (χ1) is 22.8. The molecule has 4 rings (SSSR count). The molecule has 4 aromatic rings. The van der Waals surface area contributed by atoms with Crippen LogP contribution in [0.2, 0.25) is 0 Å². The molecule has 0 fully saturated rings. The van der Waals surface area contributed by atoms with E-state index in [1.54, 1.807) is 72.4 Å². The first-order valence-corrected chi connectivity index (χ1v) is 16.2. The highest BCUT2D eigenvalue weighted by molar-refractivity contribution is 5.98. The average Bonchev–Trinajstić information content (AvgIpc) is 3.08. The van der Waals surface area contributed by atoms with E-state index >= 15 is 0 Å². The number of nitrogens with zero attached hydrogens (tertiary/aromatic N) is 2. The van der Waals surface area contributed by atoms with Crippen LogP contribution in [0.15, 0.2) is 109 Å². The first-order valence-electron chi connectivity index (χ1n) is 16.2. The summed E-state index contributed by atoms with van der Waals surface area (Å²) in [7, 11) is 3.53. The van der Waals surface area contributed by atoms with E-state index in [1.165, 1.54) is 0 Å². The fraction of sp³-hybridized carbons (Fsp3) is 0.282. The Morgan fingerprint density at radius 1 is 0.489 bits per heavy atom. The van der Waals surface area contributed by atoms with Crippen molar-refractivity contribution in [3.8, 4) is 0 Å². The number of rotatable bonds is 16. The van der Waals surface area contributed by atoms with Crippen molar-refractivity contribution in [1.29, 1.82) is 0 Å². The van der Waals surface area contributed by atoms with Gasteiger partial charge in [0.2, 0.25) is 11.8 Å². The summed E-state index contributed by atoms with van der Waals surface area (Å²) in [5.41, 5.74) is 4.36. The number of amides is 4. The molecular formula is C39H44N4O4. The van der Waals surface area contributed by atoms with Crippen molar-refractivity contribution in [3.05, 3.63) is 131 Å². The van der Waals surface area contributed by atoms with Gasteiger partial charge in [0.1, 0.15) is 0 Å². The zero-order valence-corrected chi connectivity index (χ0v) is 27.3. The van der Waals surface area contributed by atoms with E-state index in [9.17, 15) is 19.2 Å². The van der Waals surface area contributed by atoms with E-state index in [0.29, 0.717) is 48.4 Å². The molecule has 8 nitrogen and oxygen atoms in total. The molecule has 4 amide bonds. The number of unbranched alkanes of at least 4 members (excludes halogenated alkanes) is 4. The summed E-state index contributed by atoms with van der Waals surface area (Å²) < 4.78 is 0. The Morgan fingerprint density at radius 2 is 0.872 bits per heavy atom. The highest BCUT2D eigenvalue weighted by Gasteiger charge is 2.15. The maximum atomic E-state index is 12.9. The van der Waals surface area contributed by atoms with Crippen molar-refractivity contribution in [2.45, 2.75) is 58.0 Å². The number of benzene rings is 4. The predicted molar refractivity (Wildman–Crippen MR) is 187 cm³/mol. The van der Waals surface area contributed by atoms with E-state index in [4.69, 9.17) is 0 Å². The average molecular weight is 633 g/mol. The van der Waals surface area contributed by atoms with E-state index in [-0.39, 0.29) is 23.6 Å². The predicted octanol–water partition coefficient (Wildman–Crippen LogP) is 7.54. The molecule has 0 unspecified atom stereocenters. The minimum atomic E-state index is -0.107. The molecule has 0 aliphatic heterocycles. The molecular weight excluding hydrogens is 588 g/mol. The number of hydrogen-bond donors (Lipinski definition) is 2. The van der Waals surface area contributed by atoms with Gasteiger partial charge in [-0.05, 0) is 60.4 Å². The largest absolute Gasteiger partial charge is 0.337 e. The molecule has 0 saturated carbocycles. The smallest absolute Gasteiger partial charge is 0.253 e. The minimum Gasteiger partial charge on any atom is -0.337 e. The van der Waals surface area contributed by atoms with Crippen molar-refractivity contribution in [3.63, 3.8) is 0 Å². The van der Waals surface area contributed by atoms with Crippen LogP contribution in [0.1, 0.15) is 76.8 Å². The van der Waals surface area contributed by atoms with Gasteiger partial charge in [-0.3, -0.25) is 19.2 Å². The Kier molecular flexibility index (Phi) is 13.3. The highest BCUT2D eigenvalue weighted by Crippen LogP contribution is 2.17. The second-order valence-corrected chi connectivity index (χ2v) is 11.8. The van der Waals surface area contributed by atoms with Crippen LogP contribution in [-0.4, -0.2) is 47.5 Å². The van der Waals surface area contributed by atoms with Crippen LogP contribution in [0.5, 0.6) is 0 Å². The van der Waals surface area contributed by atoms with Gasteiger partial charge in [-0.1, -0.05) is 92.1 Å². The number of carbonyl (C=O) groups excluding carboxylic acids is 4. The van der Waals surface area contributed by atoms with Crippen LogP contribution < -0.4 is 10.6 Å². The van der Waals surface area contributed by atoms with Crippen molar-refractivity contribution >= 4 is 35.0 Å². The zero-order chi connectivity index (χ0) is 33.4. The van der Waals surface area contributed by atoms with Gasteiger partial charge in [-0.25, -0.2) is 0 Å². The Morgan fingerprint density at radius 3 is 1.28 bits per heavy atom. The maximum Gasteiger partial charge on any atom is 0.253 e. The lowest BCUT2D eigenvalue weighted by Gasteiger charge is -2.18. The number of carbonyl (C=O) groups is 4. The fourth-order valence-electron chi connectivity index (χ4n) is 5.31. The topological polar surface area (TPSA) is 98.8 Å². The molecule has 8 heteroatoms. The molecule has 244 valence electrons. The second kappa shape index (κ2) is 18.0. The maximum absolute atomic E-state index is 12.9. The van der Waals surface area contributed by atoms with E-state index in [0.717, 1.165) is 43.2 Å². The van der Waals surface area contributed by atoms with Gasteiger partial charge in [-0.2, -0.15) is 0 Å². The monoisotopic (exact) mass is 632 g/mol. The Bertz CT molecular complexity index is 1500. The third kappa shape index (κ3) is 11.6. The van der Waals surface area contributed by atoms with Gasteiger partial charge in [0.25, 0.3) is 11.8 Å². The summed E-state index contributed by atoms with van der Waals surface area (Å²) in [6, 6.07) is 33.7. The lowest BCUT2D eigenvalue weighted by molar-refractivity contribution is -0.117.